The van der Waals surface area contributed by atoms with E-state index in [1.807, 2.05) is 10.6 Å². The molecule has 0 radical (unpaired) electrons. The second-order valence-electron chi connectivity index (χ2n) is 5.33. The Bertz CT molecular complexity index is 737. The maximum atomic E-state index is 12.7. The molecule has 27 heavy (non-hydrogen) atoms. The fraction of sp³-hybridized carbons (Fsp3) is 0.333. The molecule has 2 unspecified atom stereocenters. The molecular weight excluding hydrogens is 369 g/mol. The van der Waals surface area contributed by atoms with E-state index in [4.69, 9.17) is 15.3 Å². The number of rotatable bonds is 10. The molecule has 2 amide bonds. The van der Waals surface area contributed by atoms with Crippen LogP contribution >= 0.6 is 0 Å². The van der Waals surface area contributed by atoms with Gasteiger partial charge < -0.3 is 26.0 Å². The molecule has 146 valence electrons. The summed E-state index contributed by atoms with van der Waals surface area (Å²) < 4.78 is 12.7. The van der Waals surface area contributed by atoms with E-state index in [1.165, 1.54) is 0 Å². The molecule has 0 spiro atoms. The highest BCUT2D eigenvalue weighted by atomic mass is 19.1. The first kappa shape index (κ1) is 21.5. The second kappa shape index (κ2) is 9.79. The maximum absolute atomic E-state index is 12.7. The molecule has 0 saturated carbocycles. The molecule has 1 aromatic rings. The minimum absolute atomic E-state index is 0.145. The normalized spacial score (nSPS) is 12.5. The number of hydrogen-bond donors (Lipinski definition) is 5. The van der Waals surface area contributed by atoms with E-state index in [9.17, 15) is 28.4 Å². The van der Waals surface area contributed by atoms with Gasteiger partial charge in [-0.3, -0.25) is 14.4 Å². The first-order valence-electron chi connectivity index (χ1n) is 7.49. The Hall–Kier alpha value is -3.57. The van der Waals surface area contributed by atoms with Crippen molar-refractivity contribution in [1.29, 1.82) is 0 Å². The Kier molecular flexibility index (Phi) is 7.79. The highest BCUT2D eigenvalue weighted by molar-refractivity contribution is 5.97. The topological polar surface area (TPSA) is 183 Å². The lowest BCUT2D eigenvalue weighted by Gasteiger charge is -2.17. The summed E-state index contributed by atoms with van der Waals surface area (Å²) in [4.78, 5) is 59.8. The van der Waals surface area contributed by atoms with Gasteiger partial charge in [-0.2, -0.15) is 4.39 Å². The lowest BCUT2D eigenvalue weighted by Crippen LogP contribution is -2.47. The largest absolute Gasteiger partial charge is 0.481 e. The summed E-state index contributed by atoms with van der Waals surface area (Å²) in [7, 11) is 0. The van der Waals surface area contributed by atoms with Crippen molar-refractivity contribution in [1.82, 2.24) is 15.6 Å². The molecule has 1 heterocycles. The number of aliphatic carboxylic acids is 3. The predicted octanol–water partition coefficient (Wildman–Crippen LogP) is -0.772. The van der Waals surface area contributed by atoms with E-state index < -0.39 is 67.0 Å². The van der Waals surface area contributed by atoms with Crippen LogP contribution in [0.15, 0.2) is 18.3 Å². The molecule has 0 fully saturated rings. The van der Waals surface area contributed by atoms with E-state index in [2.05, 4.69) is 4.98 Å². The van der Waals surface area contributed by atoms with Crippen LogP contribution in [0.5, 0.6) is 0 Å². The van der Waals surface area contributed by atoms with Gasteiger partial charge in [-0.25, -0.2) is 14.6 Å². The van der Waals surface area contributed by atoms with Crippen LogP contribution in [0.25, 0.3) is 0 Å². The van der Waals surface area contributed by atoms with Crippen LogP contribution in [0.2, 0.25) is 0 Å². The molecule has 5 N–H and O–H groups in total. The first-order chi connectivity index (χ1) is 12.6. The Morgan fingerprint density at radius 1 is 1.00 bits per heavy atom. The third-order valence-electron chi connectivity index (χ3n) is 3.26. The van der Waals surface area contributed by atoms with Crippen molar-refractivity contribution in [2.75, 3.05) is 0 Å². The van der Waals surface area contributed by atoms with Crippen molar-refractivity contribution in [2.45, 2.75) is 31.3 Å². The zero-order valence-corrected chi connectivity index (χ0v) is 13.7. The molecule has 0 bridgehead atoms. The molecule has 0 aliphatic rings. The van der Waals surface area contributed by atoms with Crippen molar-refractivity contribution >= 4 is 29.7 Å². The summed E-state index contributed by atoms with van der Waals surface area (Å²) in [5.41, 5.74) is -0.145. The van der Waals surface area contributed by atoms with Crippen molar-refractivity contribution < 1.29 is 43.7 Å². The van der Waals surface area contributed by atoms with Gasteiger partial charge in [-0.1, -0.05) is 0 Å². The van der Waals surface area contributed by atoms with Gasteiger partial charge in [0.05, 0.1) is 12.0 Å². The van der Waals surface area contributed by atoms with Crippen LogP contribution in [0.1, 0.15) is 29.6 Å². The third-order valence-corrected chi connectivity index (χ3v) is 3.26. The van der Waals surface area contributed by atoms with Gasteiger partial charge in [-0.05, 0) is 18.6 Å². The number of carboxylic acid groups (broad SMARTS) is 3. The Morgan fingerprint density at radius 2 is 1.63 bits per heavy atom. The summed E-state index contributed by atoms with van der Waals surface area (Å²) in [6.07, 6.45) is -0.849. The summed E-state index contributed by atoms with van der Waals surface area (Å²) in [6.45, 7) is 0. The van der Waals surface area contributed by atoms with E-state index in [0.717, 1.165) is 18.3 Å². The number of carbonyl (C=O) groups excluding carboxylic acids is 2. The van der Waals surface area contributed by atoms with E-state index in [0.29, 0.717) is 0 Å². The number of carboxylic acids is 3. The Morgan fingerprint density at radius 3 is 2.11 bits per heavy atom. The van der Waals surface area contributed by atoms with Gasteiger partial charge in [0.15, 0.2) is 0 Å². The predicted molar refractivity (Wildman–Crippen MR) is 84.1 cm³/mol. The minimum Gasteiger partial charge on any atom is -0.481 e. The van der Waals surface area contributed by atoms with Crippen LogP contribution in [-0.2, 0) is 19.2 Å². The SMILES string of the molecule is O=C(O)CCC(NC(=O)CC(NC(=O)c1ccc(F)nc1)C(=O)O)C(=O)O. The summed E-state index contributed by atoms with van der Waals surface area (Å²) in [5.74, 6) is -7.11. The molecule has 1 aromatic heterocycles. The van der Waals surface area contributed by atoms with Crippen LogP contribution in [-0.4, -0.2) is 62.1 Å². The summed E-state index contributed by atoms with van der Waals surface area (Å²) in [6, 6.07) is -1.28. The van der Waals surface area contributed by atoms with Crippen molar-refractivity contribution in [3.05, 3.63) is 29.8 Å². The average Bonchev–Trinajstić information content (AvgIpc) is 2.57. The number of nitrogens with zero attached hydrogens (tertiary/aromatic N) is 1. The number of hydrogen-bond acceptors (Lipinski definition) is 6. The lowest BCUT2D eigenvalue weighted by molar-refractivity contribution is -0.143. The van der Waals surface area contributed by atoms with Crippen molar-refractivity contribution in [3.63, 3.8) is 0 Å². The van der Waals surface area contributed by atoms with Crippen LogP contribution in [0, 0.1) is 5.95 Å². The highest BCUT2D eigenvalue weighted by Crippen LogP contribution is 2.03. The fourth-order valence-corrected chi connectivity index (χ4v) is 1.92. The molecule has 0 saturated heterocycles. The molecular formula is C15H16FN3O8. The first-order valence-corrected chi connectivity index (χ1v) is 7.49. The number of halogens is 1. The zero-order valence-electron chi connectivity index (χ0n) is 13.7. The molecule has 0 aliphatic heterocycles. The lowest BCUT2D eigenvalue weighted by atomic mass is 10.1. The van der Waals surface area contributed by atoms with Gasteiger partial charge >= 0.3 is 17.9 Å². The van der Waals surface area contributed by atoms with Crippen molar-refractivity contribution in [3.8, 4) is 0 Å². The number of pyridine rings is 1. The van der Waals surface area contributed by atoms with Gasteiger partial charge in [0.2, 0.25) is 11.9 Å². The fourth-order valence-electron chi connectivity index (χ4n) is 1.92. The molecule has 1 rings (SSSR count). The minimum atomic E-state index is -1.70. The smallest absolute Gasteiger partial charge is 0.326 e. The standard InChI is InChI=1S/C15H16FN3O8/c16-10-3-1-7(6-17-10)13(23)19-9(15(26)27)5-11(20)18-8(14(24)25)2-4-12(21)22/h1,3,6,8-9H,2,4-5H2,(H,18,20)(H,19,23)(H,21,22)(H,24,25)(H,26,27). The third kappa shape index (κ3) is 7.46. The quantitative estimate of drug-likeness (QED) is 0.323. The Labute approximate surface area is 151 Å². The van der Waals surface area contributed by atoms with E-state index in [-0.39, 0.29) is 5.56 Å². The molecule has 11 nitrogen and oxygen atoms in total. The summed E-state index contributed by atoms with van der Waals surface area (Å²) in [5, 5.41) is 30.7. The van der Waals surface area contributed by atoms with Gasteiger partial charge in [-0.15, -0.1) is 0 Å². The second-order valence-corrected chi connectivity index (χ2v) is 5.33. The van der Waals surface area contributed by atoms with Gasteiger partial charge in [0.25, 0.3) is 5.91 Å². The highest BCUT2D eigenvalue weighted by Gasteiger charge is 2.27. The molecule has 0 aromatic carbocycles. The molecule has 0 aliphatic carbocycles. The summed E-state index contributed by atoms with van der Waals surface area (Å²) >= 11 is 0. The van der Waals surface area contributed by atoms with Crippen LogP contribution < -0.4 is 10.6 Å². The van der Waals surface area contributed by atoms with Crippen molar-refractivity contribution in [2.24, 2.45) is 0 Å². The zero-order chi connectivity index (χ0) is 20.6. The molecule has 12 heteroatoms. The van der Waals surface area contributed by atoms with Gasteiger partial charge in [0.1, 0.15) is 12.1 Å². The number of carbonyl (C=O) groups is 5. The average molecular weight is 385 g/mol. The maximum Gasteiger partial charge on any atom is 0.326 e. The van der Waals surface area contributed by atoms with Crippen LogP contribution in [0.4, 0.5) is 4.39 Å². The Balaban J connectivity index is 2.71. The monoisotopic (exact) mass is 385 g/mol. The van der Waals surface area contributed by atoms with E-state index >= 15 is 0 Å². The van der Waals surface area contributed by atoms with E-state index in [1.54, 1.807) is 0 Å². The number of aromatic nitrogens is 1. The van der Waals surface area contributed by atoms with Gasteiger partial charge in [0, 0.05) is 12.6 Å². The number of nitrogens with one attached hydrogen (secondary N) is 2. The number of amides is 2. The van der Waals surface area contributed by atoms with Crippen LogP contribution in [0.3, 0.4) is 0 Å². The molecule has 2 atom stereocenters.